The molecule has 0 aliphatic carbocycles. The fourth-order valence-electron chi connectivity index (χ4n) is 1.31. The standard InChI is InChI=1S/C12H12N2O4S/c1-18-10-3-2-8(12(16)17)6-9(10)14-11(15)7-19-5-4-13/h2-3,6H,5,7H2,1H3,(H,14,15)(H,16,17). The average molecular weight is 280 g/mol. The summed E-state index contributed by atoms with van der Waals surface area (Å²) in [5, 5.41) is 19.8. The number of carbonyl (C=O) groups is 2. The van der Waals surface area contributed by atoms with E-state index in [-0.39, 0.29) is 23.0 Å². The Morgan fingerprint density at radius 2 is 2.26 bits per heavy atom. The van der Waals surface area contributed by atoms with Crippen molar-refractivity contribution in [2.45, 2.75) is 0 Å². The van der Waals surface area contributed by atoms with Crippen LogP contribution in [0.2, 0.25) is 0 Å². The second-order valence-electron chi connectivity index (χ2n) is 3.42. The number of thioether (sulfide) groups is 1. The topological polar surface area (TPSA) is 99.4 Å². The van der Waals surface area contributed by atoms with Crippen LogP contribution in [0.1, 0.15) is 10.4 Å². The van der Waals surface area contributed by atoms with Crippen molar-refractivity contribution in [3.8, 4) is 11.8 Å². The van der Waals surface area contributed by atoms with Gasteiger partial charge in [-0.05, 0) is 18.2 Å². The number of carbonyl (C=O) groups excluding carboxylic acids is 1. The minimum atomic E-state index is -1.09. The summed E-state index contributed by atoms with van der Waals surface area (Å²) in [4.78, 5) is 22.4. The quantitative estimate of drug-likeness (QED) is 0.768. The lowest BCUT2D eigenvalue weighted by molar-refractivity contribution is -0.113. The first kappa shape index (κ1) is 14.9. The molecule has 0 unspecified atom stereocenters. The summed E-state index contributed by atoms with van der Waals surface area (Å²) < 4.78 is 5.04. The molecule has 0 aromatic heterocycles. The Bertz CT molecular complexity index is 525. The van der Waals surface area contributed by atoms with Gasteiger partial charge in [0.2, 0.25) is 5.91 Å². The van der Waals surface area contributed by atoms with Crippen molar-refractivity contribution < 1.29 is 19.4 Å². The Hall–Kier alpha value is -2.20. The summed E-state index contributed by atoms with van der Waals surface area (Å²) in [6.45, 7) is 0. The van der Waals surface area contributed by atoms with E-state index in [1.165, 1.54) is 37.1 Å². The van der Waals surface area contributed by atoms with Crippen LogP contribution in [-0.2, 0) is 4.79 Å². The smallest absolute Gasteiger partial charge is 0.335 e. The molecule has 1 aromatic rings. The summed E-state index contributed by atoms with van der Waals surface area (Å²) in [7, 11) is 1.43. The van der Waals surface area contributed by atoms with Crippen LogP contribution in [-0.4, -0.2) is 35.6 Å². The van der Waals surface area contributed by atoms with Crippen LogP contribution in [0.4, 0.5) is 5.69 Å². The minimum absolute atomic E-state index is 0.0563. The number of hydrogen-bond acceptors (Lipinski definition) is 5. The van der Waals surface area contributed by atoms with Crippen molar-refractivity contribution >= 4 is 29.3 Å². The molecule has 0 fully saturated rings. The maximum atomic E-state index is 11.6. The Morgan fingerprint density at radius 3 is 2.84 bits per heavy atom. The summed E-state index contributed by atoms with van der Waals surface area (Å²) in [6, 6.07) is 6.11. The van der Waals surface area contributed by atoms with Crippen molar-refractivity contribution in [1.82, 2.24) is 0 Å². The third kappa shape index (κ3) is 4.52. The van der Waals surface area contributed by atoms with E-state index in [1.54, 1.807) is 0 Å². The molecule has 0 heterocycles. The van der Waals surface area contributed by atoms with E-state index >= 15 is 0 Å². The molecule has 1 amide bonds. The highest BCUT2D eigenvalue weighted by atomic mass is 32.2. The third-order valence-corrected chi connectivity index (χ3v) is 2.92. The molecular formula is C12H12N2O4S. The zero-order valence-electron chi connectivity index (χ0n) is 10.2. The highest BCUT2D eigenvalue weighted by Gasteiger charge is 2.11. The van der Waals surface area contributed by atoms with Crippen molar-refractivity contribution in [3.05, 3.63) is 23.8 Å². The lowest BCUT2D eigenvalue weighted by Gasteiger charge is -2.10. The van der Waals surface area contributed by atoms with Gasteiger partial charge in [0.15, 0.2) is 0 Å². The molecule has 2 N–H and O–H groups in total. The van der Waals surface area contributed by atoms with Gasteiger partial charge in [0.1, 0.15) is 5.75 Å². The summed E-state index contributed by atoms with van der Waals surface area (Å²) >= 11 is 1.17. The maximum Gasteiger partial charge on any atom is 0.335 e. The van der Waals surface area contributed by atoms with Gasteiger partial charge in [-0.15, -0.1) is 11.8 Å². The molecule has 0 aliphatic rings. The normalized spacial score (nSPS) is 9.47. The van der Waals surface area contributed by atoms with Gasteiger partial charge in [-0.25, -0.2) is 4.79 Å². The second-order valence-corrected chi connectivity index (χ2v) is 4.40. The van der Waals surface area contributed by atoms with Crippen LogP contribution in [0.5, 0.6) is 5.75 Å². The molecule has 0 atom stereocenters. The number of benzene rings is 1. The number of carboxylic acids is 1. The molecule has 0 radical (unpaired) electrons. The van der Waals surface area contributed by atoms with Gasteiger partial charge in [0.05, 0.1) is 35.9 Å². The van der Waals surface area contributed by atoms with E-state index in [0.717, 1.165) is 0 Å². The van der Waals surface area contributed by atoms with E-state index in [4.69, 9.17) is 15.1 Å². The Balaban J connectivity index is 2.80. The number of hydrogen-bond donors (Lipinski definition) is 2. The number of anilines is 1. The van der Waals surface area contributed by atoms with Crippen LogP contribution < -0.4 is 10.1 Å². The number of carboxylic acid groups (broad SMARTS) is 1. The van der Waals surface area contributed by atoms with Crippen molar-refractivity contribution in [1.29, 1.82) is 5.26 Å². The van der Waals surface area contributed by atoms with Crippen molar-refractivity contribution in [2.75, 3.05) is 23.9 Å². The third-order valence-electron chi connectivity index (χ3n) is 2.12. The fourth-order valence-corrected chi connectivity index (χ4v) is 1.77. The zero-order chi connectivity index (χ0) is 14.3. The molecule has 6 nitrogen and oxygen atoms in total. The molecule has 0 aliphatic heterocycles. The summed E-state index contributed by atoms with van der Waals surface area (Å²) in [5.41, 5.74) is 0.353. The van der Waals surface area contributed by atoms with Gasteiger partial charge in [-0.1, -0.05) is 0 Å². The molecule has 100 valence electrons. The largest absolute Gasteiger partial charge is 0.495 e. The predicted molar refractivity (Wildman–Crippen MR) is 71.5 cm³/mol. The van der Waals surface area contributed by atoms with Gasteiger partial charge in [0.25, 0.3) is 0 Å². The number of nitrogens with one attached hydrogen (secondary N) is 1. The lowest BCUT2D eigenvalue weighted by Crippen LogP contribution is -2.15. The Labute approximate surface area is 114 Å². The Kier molecular flexibility index (Phi) is 5.70. The number of ether oxygens (including phenoxy) is 1. The lowest BCUT2D eigenvalue weighted by atomic mass is 10.2. The Morgan fingerprint density at radius 1 is 1.53 bits per heavy atom. The fraction of sp³-hybridized carbons (Fsp3) is 0.250. The average Bonchev–Trinajstić information content (AvgIpc) is 2.38. The molecule has 0 saturated carbocycles. The molecule has 1 rings (SSSR count). The first-order chi connectivity index (χ1) is 9.08. The number of aromatic carboxylic acids is 1. The molecule has 0 bridgehead atoms. The van der Waals surface area contributed by atoms with Gasteiger partial charge in [-0.3, -0.25) is 4.79 Å². The number of amides is 1. The van der Waals surface area contributed by atoms with Crippen LogP contribution >= 0.6 is 11.8 Å². The molecule has 0 spiro atoms. The number of nitriles is 1. The summed E-state index contributed by atoms with van der Waals surface area (Å²) in [5.74, 6) is -0.685. The van der Waals surface area contributed by atoms with E-state index < -0.39 is 5.97 Å². The van der Waals surface area contributed by atoms with Gasteiger partial charge in [-0.2, -0.15) is 5.26 Å². The van der Waals surface area contributed by atoms with E-state index in [1.807, 2.05) is 6.07 Å². The van der Waals surface area contributed by atoms with Crippen LogP contribution in [0.3, 0.4) is 0 Å². The highest BCUT2D eigenvalue weighted by molar-refractivity contribution is 8.00. The molecular weight excluding hydrogens is 268 g/mol. The van der Waals surface area contributed by atoms with Crippen LogP contribution in [0.25, 0.3) is 0 Å². The first-order valence-electron chi connectivity index (χ1n) is 5.24. The predicted octanol–water partition coefficient (Wildman–Crippen LogP) is 1.59. The van der Waals surface area contributed by atoms with Gasteiger partial charge < -0.3 is 15.2 Å². The van der Waals surface area contributed by atoms with E-state index in [0.29, 0.717) is 11.4 Å². The number of nitrogens with zero attached hydrogens (tertiary/aromatic N) is 1. The first-order valence-corrected chi connectivity index (χ1v) is 6.40. The second kappa shape index (κ2) is 7.28. The SMILES string of the molecule is COc1ccc(C(=O)O)cc1NC(=O)CSCC#N. The molecule has 7 heteroatoms. The van der Waals surface area contributed by atoms with E-state index in [9.17, 15) is 9.59 Å². The highest BCUT2D eigenvalue weighted by Crippen LogP contribution is 2.25. The van der Waals surface area contributed by atoms with Crippen LogP contribution in [0, 0.1) is 11.3 Å². The van der Waals surface area contributed by atoms with Gasteiger partial charge in [0, 0.05) is 0 Å². The molecule has 0 saturated heterocycles. The minimum Gasteiger partial charge on any atom is -0.495 e. The molecule has 1 aromatic carbocycles. The molecule has 19 heavy (non-hydrogen) atoms. The van der Waals surface area contributed by atoms with Crippen molar-refractivity contribution in [2.24, 2.45) is 0 Å². The summed E-state index contributed by atoms with van der Waals surface area (Å²) in [6.07, 6.45) is 0. The zero-order valence-corrected chi connectivity index (χ0v) is 11.0. The van der Waals surface area contributed by atoms with Gasteiger partial charge >= 0.3 is 5.97 Å². The van der Waals surface area contributed by atoms with Crippen molar-refractivity contribution in [3.63, 3.8) is 0 Å². The van der Waals surface area contributed by atoms with E-state index in [2.05, 4.69) is 5.32 Å². The number of rotatable bonds is 6. The maximum absolute atomic E-state index is 11.6. The monoisotopic (exact) mass is 280 g/mol. The van der Waals surface area contributed by atoms with Crippen LogP contribution in [0.15, 0.2) is 18.2 Å². The number of methoxy groups -OCH3 is 1.